The fourth-order valence-electron chi connectivity index (χ4n) is 2.39. The van der Waals surface area contributed by atoms with Gasteiger partial charge in [-0.25, -0.2) is 0 Å². The van der Waals surface area contributed by atoms with E-state index in [9.17, 15) is 0 Å². The van der Waals surface area contributed by atoms with E-state index in [1.165, 1.54) is 32.5 Å². The SMILES string of the molecule is COCC1CCN(CC(C)CCN)CC1. The van der Waals surface area contributed by atoms with Gasteiger partial charge in [-0.05, 0) is 50.7 Å². The Morgan fingerprint density at radius 1 is 1.40 bits per heavy atom. The van der Waals surface area contributed by atoms with E-state index in [0.29, 0.717) is 0 Å². The third kappa shape index (κ3) is 4.96. The summed E-state index contributed by atoms with van der Waals surface area (Å²) in [6.45, 7) is 7.75. The van der Waals surface area contributed by atoms with Crippen molar-refractivity contribution in [1.29, 1.82) is 0 Å². The highest BCUT2D eigenvalue weighted by Gasteiger charge is 2.19. The molecule has 1 rings (SSSR count). The third-order valence-corrected chi connectivity index (χ3v) is 3.34. The van der Waals surface area contributed by atoms with Crippen molar-refractivity contribution in [3.63, 3.8) is 0 Å². The van der Waals surface area contributed by atoms with E-state index in [1.807, 2.05) is 0 Å². The molecule has 0 saturated carbocycles. The molecule has 15 heavy (non-hydrogen) atoms. The molecule has 0 aromatic heterocycles. The molecule has 2 N–H and O–H groups in total. The van der Waals surface area contributed by atoms with Gasteiger partial charge in [-0.1, -0.05) is 6.92 Å². The minimum Gasteiger partial charge on any atom is -0.384 e. The van der Waals surface area contributed by atoms with Gasteiger partial charge < -0.3 is 15.4 Å². The molecular weight excluding hydrogens is 188 g/mol. The maximum absolute atomic E-state index is 5.56. The molecule has 90 valence electrons. The van der Waals surface area contributed by atoms with Gasteiger partial charge in [0.2, 0.25) is 0 Å². The Kier molecular flexibility index (Phi) is 6.22. The summed E-state index contributed by atoms with van der Waals surface area (Å²) in [5.74, 6) is 1.53. The highest BCUT2D eigenvalue weighted by molar-refractivity contribution is 4.73. The average molecular weight is 214 g/mol. The van der Waals surface area contributed by atoms with Crippen LogP contribution in [0.1, 0.15) is 26.2 Å². The first-order valence-corrected chi connectivity index (χ1v) is 6.17. The predicted octanol–water partition coefficient (Wildman–Crippen LogP) is 1.33. The highest BCUT2D eigenvalue weighted by Crippen LogP contribution is 2.18. The summed E-state index contributed by atoms with van der Waals surface area (Å²) in [4.78, 5) is 2.58. The fourth-order valence-corrected chi connectivity index (χ4v) is 2.39. The van der Waals surface area contributed by atoms with Crippen LogP contribution in [-0.2, 0) is 4.74 Å². The number of ether oxygens (including phenoxy) is 1. The smallest absolute Gasteiger partial charge is 0.0491 e. The Labute approximate surface area is 94.0 Å². The third-order valence-electron chi connectivity index (χ3n) is 3.34. The van der Waals surface area contributed by atoms with Gasteiger partial charge in [0, 0.05) is 20.3 Å². The van der Waals surface area contributed by atoms with Crippen molar-refractivity contribution < 1.29 is 4.74 Å². The summed E-state index contributed by atoms with van der Waals surface area (Å²) in [6.07, 6.45) is 3.74. The van der Waals surface area contributed by atoms with Crippen LogP contribution < -0.4 is 5.73 Å². The lowest BCUT2D eigenvalue weighted by atomic mass is 9.96. The minimum atomic E-state index is 0.744. The van der Waals surface area contributed by atoms with Crippen LogP contribution >= 0.6 is 0 Å². The zero-order valence-electron chi connectivity index (χ0n) is 10.2. The second kappa shape index (κ2) is 7.20. The zero-order chi connectivity index (χ0) is 11.1. The van der Waals surface area contributed by atoms with Crippen LogP contribution in [-0.4, -0.2) is 44.8 Å². The molecule has 0 spiro atoms. The molecule has 0 amide bonds. The molecule has 1 unspecified atom stereocenters. The van der Waals surface area contributed by atoms with E-state index in [2.05, 4.69) is 11.8 Å². The molecule has 1 saturated heterocycles. The standard InChI is InChI=1S/C12H26N2O/c1-11(3-6-13)9-14-7-4-12(5-8-14)10-15-2/h11-12H,3-10,13H2,1-2H3. The molecule has 0 aromatic carbocycles. The van der Waals surface area contributed by atoms with Gasteiger partial charge >= 0.3 is 0 Å². The van der Waals surface area contributed by atoms with Gasteiger partial charge in [0.1, 0.15) is 0 Å². The van der Waals surface area contributed by atoms with Crippen LogP contribution in [0.3, 0.4) is 0 Å². The Hall–Kier alpha value is -0.120. The van der Waals surface area contributed by atoms with Crippen molar-refractivity contribution >= 4 is 0 Å². The lowest BCUT2D eigenvalue weighted by Gasteiger charge is -2.33. The molecule has 1 heterocycles. The van der Waals surface area contributed by atoms with Gasteiger partial charge in [-0.15, -0.1) is 0 Å². The summed E-state index contributed by atoms with van der Waals surface area (Å²) in [6, 6.07) is 0. The van der Waals surface area contributed by atoms with E-state index in [-0.39, 0.29) is 0 Å². The van der Waals surface area contributed by atoms with E-state index < -0.39 is 0 Å². The van der Waals surface area contributed by atoms with Crippen LogP contribution in [0.2, 0.25) is 0 Å². The zero-order valence-corrected chi connectivity index (χ0v) is 10.2. The van der Waals surface area contributed by atoms with Gasteiger partial charge in [0.25, 0.3) is 0 Å². The van der Waals surface area contributed by atoms with E-state index in [0.717, 1.165) is 31.4 Å². The first-order chi connectivity index (χ1) is 7.26. The summed E-state index contributed by atoms with van der Waals surface area (Å²) in [5, 5.41) is 0. The van der Waals surface area contributed by atoms with E-state index in [4.69, 9.17) is 10.5 Å². The lowest BCUT2D eigenvalue weighted by molar-refractivity contribution is 0.0932. The number of hydrogen-bond donors (Lipinski definition) is 1. The Morgan fingerprint density at radius 2 is 2.07 bits per heavy atom. The van der Waals surface area contributed by atoms with Crippen LogP contribution in [0.15, 0.2) is 0 Å². The van der Waals surface area contributed by atoms with E-state index in [1.54, 1.807) is 7.11 Å². The van der Waals surface area contributed by atoms with Crippen molar-refractivity contribution in [2.75, 3.05) is 39.9 Å². The normalized spacial score (nSPS) is 21.8. The maximum Gasteiger partial charge on any atom is 0.0491 e. The second-order valence-corrected chi connectivity index (χ2v) is 4.88. The molecule has 3 heteroatoms. The second-order valence-electron chi connectivity index (χ2n) is 4.88. The number of likely N-dealkylation sites (tertiary alicyclic amines) is 1. The molecule has 3 nitrogen and oxygen atoms in total. The number of nitrogens with two attached hydrogens (primary N) is 1. The van der Waals surface area contributed by atoms with Gasteiger partial charge in [-0.3, -0.25) is 0 Å². The number of piperidine rings is 1. The molecule has 1 atom stereocenters. The number of nitrogens with zero attached hydrogens (tertiary/aromatic N) is 1. The van der Waals surface area contributed by atoms with E-state index >= 15 is 0 Å². The maximum atomic E-state index is 5.56. The van der Waals surface area contributed by atoms with Crippen LogP contribution in [0.25, 0.3) is 0 Å². The molecule has 0 bridgehead atoms. The molecular formula is C12H26N2O. The van der Waals surface area contributed by atoms with Crippen molar-refractivity contribution in [1.82, 2.24) is 4.90 Å². The lowest BCUT2D eigenvalue weighted by Crippen LogP contribution is -2.37. The van der Waals surface area contributed by atoms with Crippen molar-refractivity contribution in [2.24, 2.45) is 17.6 Å². The van der Waals surface area contributed by atoms with Gasteiger partial charge in [-0.2, -0.15) is 0 Å². The average Bonchev–Trinajstić information content (AvgIpc) is 2.22. The number of methoxy groups -OCH3 is 1. The summed E-state index contributed by atoms with van der Waals surface area (Å²) in [5.41, 5.74) is 5.56. The largest absolute Gasteiger partial charge is 0.384 e. The summed E-state index contributed by atoms with van der Waals surface area (Å²) >= 11 is 0. The summed E-state index contributed by atoms with van der Waals surface area (Å²) < 4.78 is 5.20. The minimum absolute atomic E-state index is 0.744. The first-order valence-electron chi connectivity index (χ1n) is 6.17. The Morgan fingerprint density at radius 3 is 2.60 bits per heavy atom. The molecule has 1 fully saturated rings. The van der Waals surface area contributed by atoms with Gasteiger partial charge in [0.05, 0.1) is 0 Å². The Balaban J connectivity index is 2.14. The topological polar surface area (TPSA) is 38.5 Å². The Bertz CT molecular complexity index is 156. The van der Waals surface area contributed by atoms with Crippen LogP contribution in [0, 0.1) is 11.8 Å². The number of hydrogen-bond acceptors (Lipinski definition) is 3. The molecule has 0 aromatic rings. The molecule has 1 aliphatic heterocycles. The molecule has 0 aliphatic carbocycles. The highest BCUT2D eigenvalue weighted by atomic mass is 16.5. The van der Waals surface area contributed by atoms with Crippen LogP contribution in [0.4, 0.5) is 0 Å². The quantitative estimate of drug-likeness (QED) is 0.725. The fraction of sp³-hybridized carbons (Fsp3) is 1.00. The monoisotopic (exact) mass is 214 g/mol. The van der Waals surface area contributed by atoms with Crippen LogP contribution in [0.5, 0.6) is 0 Å². The van der Waals surface area contributed by atoms with Crippen molar-refractivity contribution in [2.45, 2.75) is 26.2 Å². The first kappa shape index (κ1) is 12.9. The van der Waals surface area contributed by atoms with Crippen molar-refractivity contribution in [3.8, 4) is 0 Å². The predicted molar refractivity (Wildman–Crippen MR) is 63.9 cm³/mol. The molecule has 0 radical (unpaired) electrons. The van der Waals surface area contributed by atoms with Crippen molar-refractivity contribution in [3.05, 3.63) is 0 Å². The van der Waals surface area contributed by atoms with Gasteiger partial charge in [0.15, 0.2) is 0 Å². The molecule has 1 aliphatic rings. The number of rotatable bonds is 6. The summed E-state index contributed by atoms with van der Waals surface area (Å²) in [7, 11) is 1.80.